The number of rotatable bonds is 5. The summed E-state index contributed by atoms with van der Waals surface area (Å²) >= 11 is 6.02. The topological polar surface area (TPSA) is 43.8 Å². The SMILES string of the molecule is CCN1CCCC1CN(C)c1ccc(C(=O)O)c(Cl)c1. The number of hydrogen-bond acceptors (Lipinski definition) is 3. The highest BCUT2D eigenvalue weighted by Gasteiger charge is 2.24. The fraction of sp³-hybridized carbons (Fsp3) is 0.533. The van der Waals surface area contributed by atoms with E-state index in [1.54, 1.807) is 12.1 Å². The van der Waals surface area contributed by atoms with E-state index in [1.165, 1.54) is 19.4 Å². The highest BCUT2D eigenvalue weighted by molar-refractivity contribution is 6.33. The minimum absolute atomic E-state index is 0.153. The largest absolute Gasteiger partial charge is 0.478 e. The summed E-state index contributed by atoms with van der Waals surface area (Å²) in [5, 5.41) is 9.28. The lowest BCUT2D eigenvalue weighted by molar-refractivity contribution is 0.0697. The Hall–Kier alpha value is -1.26. The van der Waals surface area contributed by atoms with Gasteiger partial charge in [-0.2, -0.15) is 0 Å². The van der Waals surface area contributed by atoms with Crippen molar-refractivity contribution in [1.29, 1.82) is 0 Å². The summed E-state index contributed by atoms with van der Waals surface area (Å²) in [5.74, 6) is -0.989. The summed E-state index contributed by atoms with van der Waals surface area (Å²) < 4.78 is 0. The lowest BCUT2D eigenvalue weighted by Crippen LogP contribution is -2.38. The van der Waals surface area contributed by atoms with Crippen LogP contribution in [0.25, 0.3) is 0 Å². The molecule has 0 saturated carbocycles. The first-order chi connectivity index (χ1) is 9.52. The van der Waals surface area contributed by atoms with Crippen molar-refractivity contribution in [2.24, 2.45) is 0 Å². The monoisotopic (exact) mass is 296 g/mol. The summed E-state index contributed by atoms with van der Waals surface area (Å²) in [4.78, 5) is 15.6. The molecule has 0 radical (unpaired) electrons. The van der Waals surface area contributed by atoms with Gasteiger partial charge in [0.25, 0.3) is 0 Å². The molecule has 1 aromatic rings. The summed E-state index contributed by atoms with van der Waals surface area (Å²) in [6.07, 6.45) is 2.48. The predicted octanol–water partition coefficient (Wildman–Crippen LogP) is 2.96. The molecule has 4 nitrogen and oxygen atoms in total. The van der Waals surface area contributed by atoms with Crippen molar-refractivity contribution >= 4 is 23.3 Å². The zero-order chi connectivity index (χ0) is 14.7. The van der Waals surface area contributed by atoms with Crippen LogP contribution in [-0.2, 0) is 0 Å². The van der Waals surface area contributed by atoms with E-state index < -0.39 is 5.97 Å². The lowest BCUT2D eigenvalue weighted by Gasteiger charge is -2.29. The number of carbonyl (C=O) groups is 1. The average molecular weight is 297 g/mol. The Kier molecular flexibility index (Phi) is 4.89. The van der Waals surface area contributed by atoms with Crippen LogP contribution in [0.2, 0.25) is 5.02 Å². The highest BCUT2D eigenvalue weighted by Crippen LogP contribution is 2.25. The predicted molar refractivity (Wildman–Crippen MR) is 82.0 cm³/mol. The van der Waals surface area contributed by atoms with Crippen LogP contribution in [0.3, 0.4) is 0 Å². The number of aromatic carboxylic acids is 1. The molecule has 0 aliphatic carbocycles. The summed E-state index contributed by atoms with van der Waals surface area (Å²) in [5.41, 5.74) is 1.11. The molecule has 1 unspecified atom stereocenters. The molecule has 5 heteroatoms. The van der Waals surface area contributed by atoms with Gasteiger partial charge in [-0.05, 0) is 44.1 Å². The number of carboxylic acids is 1. The van der Waals surface area contributed by atoms with Gasteiger partial charge in [0.05, 0.1) is 10.6 Å². The summed E-state index contributed by atoms with van der Waals surface area (Å²) in [7, 11) is 2.03. The maximum Gasteiger partial charge on any atom is 0.337 e. The third-order valence-corrected chi connectivity index (χ3v) is 4.33. The van der Waals surface area contributed by atoms with Gasteiger partial charge in [-0.3, -0.25) is 4.90 Å². The van der Waals surface area contributed by atoms with Gasteiger partial charge in [0.15, 0.2) is 0 Å². The molecule has 1 aliphatic heterocycles. The normalized spacial score (nSPS) is 19.2. The Morgan fingerprint density at radius 2 is 2.30 bits per heavy atom. The maximum atomic E-state index is 11.0. The summed E-state index contributed by atoms with van der Waals surface area (Å²) in [6, 6.07) is 5.70. The molecule has 1 aliphatic rings. The number of carboxylic acid groups (broad SMARTS) is 1. The van der Waals surface area contributed by atoms with Crippen molar-refractivity contribution in [3.05, 3.63) is 28.8 Å². The van der Waals surface area contributed by atoms with Gasteiger partial charge < -0.3 is 10.0 Å². The standard InChI is InChI=1S/C15H21ClN2O2/c1-3-18-8-4-5-12(18)10-17(2)11-6-7-13(15(19)20)14(16)9-11/h6-7,9,12H,3-5,8,10H2,1-2H3,(H,19,20). The van der Waals surface area contributed by atoms with Gasteiger partial charge in [-0.25, -0.2) is 4.79 Å². The quantitative estimate of drug-likeness (QED) is 0.907. The first-order valence-electron chi connectivity index (χ1n) is 7.01. The number of likely N-dealkylation sites (N-methyl/N-ethyl adjacent to an activating group) is 2. The zero-order valence-corrected chi connectivity index (χ0v) is 12.7. The fourth-order valence-corrected chi connectivity index (χ4v) is 3.11. The van der Waals surface area contributed by atoms with Crippen LogP contribution in [0.1, 0.15) is 30.1 Å². The molecule has 1 fully saturated rings. The molecular weight excluding hydrogens is 276 g/mol. The number of anilines is 1. The Bertz CT molecular complexity index is 493. The minimum Gasteiger partial charge on any atom is -0.478 e. The Morgan fingerprint density at radius 1 is 1.55 bits per heavy atom. The number of likely N-dealkylation sites (tertiary alicyclic amines) is 1. The fourth-order valence-electron chi connectivity index (χ4n) is 2.85. The molecule has 0 spiro atoms. The molecular formula is C15H21ClN2O2. The Morgan fingerprint density at radius 3 is 2.90 bits per heavy atom. The zero-order valence-electron chi connectivity index (χ0n) is 12.0. The molecule has 0 bridgehead atoms. The van der Waals surface area contributed by atoms with E-state index in [9.17, 15) is 4.79 Å². The van der Waals surface area contributed by atoms with Crippen LogP contribution < -0.4 is 4.90 Å². The van der Waals surface area contributed by atoms with Crippen LogP contribution in [0.15, 0.2) is 18.2 Å². The van der Waals surface area contributed by atoms with E-state index >= 15 is 0 Å². The van der Waals surface area contributed by atoms with Gasteiger partial charge in [-0.1, -0.05) is 18.5 Å². The van der Waals surface area contributed by atoms with E-state index in [0.717, 1.165) is 18.8 Å². The Balaban J connectivity index is 2.07. The summed E-state index contributed by atoms with van der Waals surface area (Å²) in [6.45, 7) is 5.39. The second-order valence-electron chi connectivity index (χ2n) is 5.27. The molecule has 1 saturated heterocycles. The van der Waals surface area contributed by atoms with E-state index in [-0.39, 0.29) is 5.56 Å². The molecule has 1 N–H and O–H groups in total. The number of halogens is 1. The molecule has 0 amide bonds. The van der Waals surface area contributed by atoms with Crippen molar-refractivity contribution in [2.75, 3.05) is 31.6 Å². The molecule has 1 atom stereocenters. The number of nitrogens with zero attached hydrogens (tertiary/aromatic N) is 2. The second kappa shape index (κ2) is 6.46. The van der Waals surface area contributed by atoms with Crippen molar-refractivity contribution in [3.8, 4) is 0 Å². The third kappa shape index (κ3) is 3.25. The number of hydrogen-bond donors (Lipinski definition) is 1. The average Bonchev–Trinajstić information content (AvgIpc) is 2.85. The smallest absolute Gasteiger partial charge is 0.337 e. The molecule has 110 valence electrons. The van der Waals surface area contributed by atoms with Gasteiger partial charge in [-0.15, -0.1) is 0 Å². The van der Waals surface area contributed by atoms with Crippen LogP contribution in [0.5, 0.6) is 0 Å². The first-order valence-corrected chi connectivity index (χ1v) is 7.38. The van der Waals surface area contributed by atoms with E-state index in [1.807, 2.05) is 13.1 Å². The van der Waals surface area contributed by atoms with Crippen molar-refractivity contribution in [1.82, 2.24) is 4.90 Å². The van der Waals surface area contributed by atoms with E-state index in [4.69, 9.17) is 16.7 Å². The maximum absolute atomic E-state index is 11.0. The van der Waals surface area contributed by atoms with Gasteiger partial charge in [0.2, 0.25) is 0 Å². The van der Waals surface area contributed by atoms with Crippen LogP contribution in [-0.4, -0.2) is 48.7 Å². The minimum atomic E-state index is -0.989. The van der Waals surface area contributed by atoms with E-state index in [0.29, 0.717) is 11.1 Å². The molecule has 1 heterocycles. The van der Waals surface area contributed by atoms with Crippen molar-refractivity contribution < 1.29 is 9.90 Å². The first kappa shape index (κ1) is 15.1. The van der Waals surface area contributed by atoms with Gasteiger partial charge in [0, 0.05) is 25.3 Å². The van der Waals surface area contributed by atoms with Crippen LogP contribution in [0.4, 0.5) is 5.69 Å². The van der Waals surface area contributed by atoms with Gasteiger partial charge >= 0.3 is 5.97 Å². The molecule has 2 rings (SSSR count). The van der Waals surface area contributed by atoms with Gasteiger partial charge in [0.1, 0.15) is 0 Å². The van der Waals surface area contributed by atoms with E-state index in [2.05, 4.69) is 16.7 Å². The Labute approximate surface area is 124 Å². The van der Waals surface area contributed by atoms with Crippen molar-refractivity contribution in [2.45, 2.75) is 25.8 Å². The van der Waals surface area contributed by atoms with Crippen LogP contribution in [0, 0.1) is 0 Å². The number of benzene rings is 1. The van der Waals surface area contributed by atoms with Crippen molar-refractivity contribution in [3.63, 3.8) is 0 Å². The lowest BCUT2D eigenvalue weighted by atomic mass is 10.1. The second-order valence-corrected chi connectivity index (χ2v) is 5.68. The van der Waals surface area contributed by atoms with Crippen LogP contribution >= 0.6 is 11.6 Å². The molecule has 1 aromatic carbocycles. The molecule has 20 heavy (non-hydrogen) atoms. The molecule has 0 aromatic heterocycles. The third-order valence-electron chi connectivity index (χ3n) is 4.01. The highest BCUT2D eigenvalue weighted by atomic mass is 35.5.